The molecule has 1 aliphatic heterocycles. The quantitative estimate of drug-likeness (QED) is 0.347. The van der Waals surface area contributed by atoms with Crippen LogP contribution in [-0.4, -0.2) is 68.9 Å². The zero-order valence-electron chi connectivity index (χ0n) is 19.2. The Balaban J connectivity index is 1.36. The molecule has 1 aliphatic rings. The summed E-state index contributed by atoms with van der Waals surface area (Å²) in [4.78, 5) is 30.2. The number of β-amino-alcohol motifs (C(OH)–C–C–N with tert-alkyl or cyclic N) is 1. The van der Waals surface area contributed by atoms with Crippen molar-refractivity contribution in [3.05, 3.63) is 69.2 Å². The molecule has 0 amide bonds. The molecule has 0 atom stereocenters. The lowest BCUT2D eigenvalue weighted by Crippen LogP contribution is -2.47. The number of halogens is 2. The topological polar surface area (TPSA) is 125 Å². The highest BCUT2D eigenvalue weighted by molar-refractivity contribution is 6.37. The molecular weight excluding hydrogens is 503 g/mol. The fraction of sp³-hybridized carbons (Fsp3) is 0.250. The molecule has 0 spiro atoms. The van der Waals surface area contributed by atoms with Gasteiger partial charge in [-0.1, -0.05) is 29.3 Å². The molecule has 36 heavy (non-hydrogen) atoms. The van der Waals surface area contributed by atoms with Crippen molar-refractivity contribution in [1.29, 1.82) is 0 Å². The SMILES string of the molecule is Nc1c2cnc(Nc3ccc(N4CCN(CCO)CC4)cc3)nc2nc(=O)n1-c1c(Cl)cccc1Cl. The fourth-order valence-corrected chi connectivity index (χ4v) is 4.80. The minimum Gasteiger partial charge on any atom is -0.395 e. The molecule has 4 aromatic rings. The van der Waals surface area contributed by atoms with Crippen molar-refractivity contribution < 1.29 is 5.11 Å². The van der Waals surface area contributed by atoms with Gasteiger partial charge in [-0.15, -0.1) is 0 Å². The van der Waals surface area contributed by atoms with Crippen LogP contribution in [0.15, 0.2) is 53.5 Å². The molecule has 1 fully saturated rings. The Morgan fingerprint density at radius 3 is 2.36 bits per heavy atom. The second-order valence-electron chi connectivity index (χ2n) is 8.34. The summed E-state index contributed by atoms with van der Waals surface area (Å²) in [5.74, 6) is 0.377. The van der Waals surface area contributed by atoms with Crippen LogP contribution in [0.1, 0.15) is 0 Å². The number of rotatable bonds is 6. The second kappa shape index (κ2) is 10.3. The minimum atomic E-state index is -0.650. The van der Waals surface area contributed by atoms with Crippen LogP contribution in [-0.2, 0) is 0 Å². The number of aliphatic hydroxyl groups excluding tert-OH is 1. The van der Waals surface area contributed by atoms with Gasteiger partial charge in [0.2, 0.25) is 5.95 Å². The maximum absolute atomic E-state index is 12.8. The molecule has 0 aliphatic carbocycles. The number of hydrogen-bond donors (Lipinski definition) is 3. The molecule has 2 aromatic carbocycles. The predicted molar refractivity (Wildman–Crippen MR) is 143 cm³/mol. The second-order valence-corrected chi connectivity index (χ2v) is 9.15. The number of aromatic nitrogens is 4. The number of hydrogen-bond acceptors (Lipinski definition) is 9. The van der Waals surface area contributed by atoms with Crippen molar-refractivity contribution in [1.82, 2.24) is 24.4 Å². The fourth-order valence-electron chi connectivity index (χ4n) is 4.24. The van der Waals surface area contributed by atoms with Crippen LogP contribution in [0.25, 0.3) is 16.7 Å². The average molecular weight is 527 g/mol. The highest BCUT2D eigenvalue weighted by Crippen LogP contribution is 2.30. The van der Waals surface area contributed by atoms with Crippen molar-refractivity contribution in [3.63, 3.8) is 0 Å². The van der Waals surface area contributed by atoms with Crippen molar-refractivity contribution >= 4 is 57.4 Å². The summed E-state index contributed by atoms with van der Waals surface area (Å²) in [6.07, 6.45) is 1.51. The van der Waals surface area contributed by atoms with E-state index in [1.165, 1.54) is 6.20 Å². The van der Waals surface area contributed by atoms with Gasteiger partial charge in [0, 0.05) is 50.3 Å². The Labute approximate surface area is 216 Å². The van der Waals surface area contributed by atoms with Crippen LogP contribution in [0.5, 0.6) is 0 Å². The molecule has 0 unspecified atom stereocenters. The van der Waals surface area contributed by atoms with Crippen LogP contribution in [0, 0.1) is 0 Å². The number of anilines is 4. The lowest BCUT2D eigenvalue weighted by Gasteiger charge is -2.35. The Morgan fingerprint density at radius 1 is 1.00 bits per heavy atom. The Hall–Kier alpha value is -3.44. The summed E-state index contributed by atoms with van der Waals surface area (Å²) >= 11 is 12.5. The summed E-state index contributed by atoms with van der Waals surface area (Å²) in [7, 11) is 0. The van der Waals surface area contributed by atoms with Crippen LogP contribution >= 0.6 is 23.2 Å². The van der Waals surface area contributed by atoms with Gasteiger partial charge in [0.15, 0.2) is 5.65 Å². The van der Waals surface area contributed by atoms with Crippen molar-refractivity contribution in [3.8, 4) is 5.69 Å². The molecule has 5 rings (SSSR count). The van der Waals surface area contributed by atoms with Gasteiger partial charge >= 0.3 is 5.69 Å². The monoisotopic (exact) mass is 526 g/mol. The first-order valence-corrected chi connectivity index (χ1v) is 12.1. The smallest absolute Gasteiger partial charge is 0.355 e. The van der Waals surface area contributed by atoms with E-state index in [0.717, 1.165) is 42.1 Å². The van der Waals surface area contributed by atoms with Crippen LogP contribution in [0.2, 0.25) is 10.0 Å². The van der Waals surface area contributed by atoms with E-state index < -0.39 is 5.69 Å². The number of nitrogens with two attached hydrogens (primary N) is 1. The van der Waals surface area contributed by atoms with Gasteiger partial charge in [-0.3, -0.25) is 4.90 Å². The Morgan fingerprint density at radius 2 is 1.69 bits per heavy atom. The van der Waals surface area contributed by atoms with Gasteiger partial charge in [-0.2, -0.15) is 9.97 Å². The van der Waals surface area contributed by atoms with E-state index in [-0.39, 0.29) is 39.8 Å². The van der Waals surface area contributed by atoms with Crippen molar-refractivity contribution in [2.24, 2.45) is 0 Å². The zero-order valence-corrected chi connectivity index (χ0v) is 20.7. The molecule has 12 heteroatoms. The predicted octanol–water partition coefficient (Wildman–Crippen LogP) is 2.92. The number of fused-ring (bicyclic) bond motifs is 1. The summed E-state index contributed by atoms with van der Waals surface area (Å²) < 4.78 is 1.16. The Bertz CT molecular complexity index is 1430. The number of nitrogens with zero attached hydrogens (tertiary/aromatic N) is 6. The highest BCUT2D eigenvalue weighted by Gasteiger charge is 2.18. The van der Waals surface area contributed by atoms with Crippen molar-refractivity contribution in [2.75, 3.05) is 55.3 Å². The van der Waals surface area contributed by atoms with E-state index in [1.807, 2.05) is 24.3 Å². The largest absolute Gasteiger partial charge is 0.395 e. The first kappa shape index (κ1) is 24.3. The number of nitrogen functional groups attached to an aromatic ring is 1. The molecule has 3 heterocycles. The summed E-state index contributed by atoms with van der Waals surface area (Å²) in [6, 6.07) is 12.9. The Kier molecular flexibility index (Phi) is 6.92. The molecule has 186 valence electrons. The third kappa shape index (κ3) is 4.80. The standard InChI is InChI=1S/C24H24Cl2N8O2/c25-18-2-1-3-19(26)20(18)34-21(27)17-14-28-23(30-22(17)31-24(34)36)29-15-4-6-16(7-5-15)33-10-8-32(9-11-33)12-13-35/h1-7,14,35H,8-13,27H2,(H,29,30,31,36). The molecule has 0 saturated carbocycles. The molecule has 4 N–H and O–H groups in total. The maximum Gasteiger partial charge on any atom is 0.355 e. The number of nitrogens with one attached hydrogen (secondary N) is 1. The summed E-state index contributed by atoms with van der Waals surface area (Å²) in [5, 5.41) is 13.2. The molecule has 10 nitrogen and oxygen atoms in total. The van der Waals surface area contributed by atoms with E-state index in [2.05, 4.69) is 30.1 Å². The van der Waals surface area contributed by atoms with Crippen LogP contribution < -0.4 is 21.6 Å². The molecule has 2 aromatic heterocycles. The van der Waals surface area contributed by atoms with E-state index in [9.17, 15) is 4.79 Å². The van der Waals surface area contributed by atoms with Gasteiger partial charge < -0.3 is 21.1 Å². The first-order valence-electron chi connectivity index (χ1n) is 11.4. The van der Waals surface area contributed by atoms with Gasteiger partial charge in [0.1, 0.15) is 5.82 Å². The highest BCUT2D eigenvalue weighted by atomic mass is 35.5. The molecule has 1 saturated heterocycles. The van der Waals surface area contributed by atoms with Gasteiger partial charge in [0.05, 0.1) is 27.7 Å². The minimum absolute atomic E-state index is 0.0926. The molecule has 0 bridgehead atoms. The van der Waals surface area contributed by atoms with Gasteiger partial charge in [0.25, 0.3) is 0 Å². The summed E-state index contributed by atoms with van der Waals surface area (Å²) in [5.41, 5.74) is 7.97. The van der Waals surface area contributed by atoms with Crippen LogP contribution in [0.4, 0.5) is 23.1 Å². The number of benzene rings is 2. The van der Waals surface area contributed by atoms with E-state index in [4.69, 9.17) is 34.0 Å². The van der Waals surface area contributed by atoms with Gasteiger partial charge in [-0.25, -0.2) is 14.3 Å². The maximum atomic E-state index is 12.8. The normalized spacial score (nSPS) is 14.4. The van der Waals surface area contributed by atoms with Gasteiger partial charge in [-0.05, 0) is 36.4 Å². The lowest BCUT2D eigenvalue weighted by molar-refractivity contribution is 0.189. The first-order chi connectivity index (χ1) is 17.4. The van der Waals surface area contributed by atoms with E-state index in [1.54, 1.807) is 18.2 Å². The van der Waals surface area contributed by atoms with E-state index in [0.29, 0.717) is 11.9 Å². The van der Waals surface area contributed by atoms with Crippen molar-refractivity contribution in [2.45, 2.75) is 0 Å². The molecular formula is C24H24Cl2N8O2. The third-order valence-electron chi connectivity index (χ3n) is 6.12. The number of para-hydroxylation sites is 1. The van der Waals surface area contributed by atoms with Crippen LogP contribution in [0.3, 0.4) is 0 Å². The number of piperazine rings is 1. The molecule has 0 radical (unpaired) electrons. The lowest BCUT2D eigenvalue weighted by atomic mass is 10.2. The summed E-state index contributed by atoms with van der Waals surface area (Å²) in [6.45, 7) is 4.56. The average Bonchev–Trinajstić information content (AvgIpc) is 2.87. The number of aliphatic hydroxyl groups is 1. The van der Waals surface area contributed by atoms with E-state index >= 15 is 0 Å². The zero-order chi connectivity index (χ0) is 25.2. The third-order valence-corrected chi connectivity index (χ3v) is 6.73.